The van der Waals surface area contributed by atoms with Gasteiger partial charge in [-0.15, -0.1) is 0 Å². The van der Waals surface area contributed by atoms with Gasteiger partial charge in [0.25, 0.3) is 11.8 Å². The van der Waals surface area contributed by atoms with Crippen LogP contribution in [0.25, 0.3) is 0 Å². The second-order valence-electron chi connectivity index (χ2n) is 9.80. The van der Waals surface area contributed by atoms with Crippen LogP contribution in [-0.2, 0) is 0 Å². The van der Waals surface area contributed by atoms with Gasteiger partial charge in [-0.05, 0) is 90.4 Å². The maximum absolute atomic E-state index is 13.1. The molecule has 0 saturated carbocycles. The average molecular weight is 1080 g/mol. The molecule has 14 N–H and O–H groups in total. The van der Waals surface area contributed by atoms with Crippen molar-refractivity contribution in [1.29, 1.82) is 0 Å². The van der Waals surface area contributed by atoms with E-state index in [-0.39, 0.29) is 11.1 Å². The van der Waals surface area contributed by atoms with Crippen molar-refractivity contribution in [3.8, 4) is 0 Å². The number of benzene rings is 1. The van der Waals surface area contributed by atoms with E-state index in [0.717, 1.165) is 0 Å². The quantitative estimate of drug-likeness (QED) is 0.0492. The minimum Gasteiger partial charge on any atom is -0.394 e. The second-order valence-corrected chi connectivity index (χ2v) is 14.1. The standard InChI is InChI=1S/C24H36I4N2O14/c25-15-13(23(43)29-3-11(37)21(41)19(39)9(35)1-7(33)5-31)16(26)18(28)14(17(15)27)24(44)30-4-12(38)22(42)20(40)10(36)2-8(34)6-32/h7-12,19-22,31-42H,1-6H2,(H,29,43)(H,30,44). The summed E-state index contributed by atoms with van der Waals surface area (Å²) in [6, 6.07) is 0. The molecule has 0 bridgehead atoms. The zero-order valence-corrected chi connectivity index (χ0v) is 31.3. The van der Waals surface area contributed by atoms with Gasteiger partial charge in [-0.2, -0.15) is 0 Å². The third kappa shape index (κ3) is 11.9. The monoisotopic (exact) mass is 1080 g/mol. The first kappa shape index (κ1) is 42.6. The number of carbonyl (C=O) groups is 2. The molecular formula is C24H36I4N2O14. The first-order valence-electron chi connectivity index (χ1n) is 12.9. The van der Waals surface area contributed by atoms with E-state index in [9.17, 15) is 60.7 Å². The van der Waals surface area contributed by atoms with Crippen LogP contribution in [0.2, 0.25) is 0 Å². The molecule has 0 heterocycles. The SMILES string of the molecule is O=C(NCC(O)C(O)C(O)C(O)CC(O)CO)c1c(I)c(I)c(C(=O)NCC(O)C(O)C(O)C(O)CC(O)CO)c(I)c1I. The van der Waals surface area contributed by atoms with Gasteiger partial charge in [0, 0.05) is 40.2 Å². The summed E-state index contributed by atoms with van der Waals surface area (Å²) in [5.41, 5.74) is 0.255. The van der Waals surface area contributed by atoms with E-state index in [0.29, 0.717) is 14.3 Å². The number of carbonyl (C=O) groups excluding carboxylic acids is 2. The number of hydrogen-bond donors (Lipinski definition) is 14. The predicted octanol–water partition coefficient (Wildman–Crippen LogP) is -4.06. The third-order valence-electron chi connectivity index (χ3n) is 6.39. The lowest BCUT2D eigenvalue weighted by Gasteiger charge is -2.28. The largest absolute Gasteiger partial charge is 0.394 e. The van der Waals surface area contributed by atoms with Crippen molar-refractivity contribution in [3.63, 3.8) is 0 Å². The molecule has 0 saturated heterocycles. The molecule has 10 unspecified atom stereocenters. The number of amides is 2. The van der Waals surface area contributed by atoms with E-state index in [1.54, 1.807) is 0 Å². The average Bonchev–Trinajstić information content (AvgIpc) is 2.99. The van der Waals surface area contributed by atoms with Gasteiger partial charge in [-0.25, -0.2) is 0 Å². The van der Waals surface area contributed by atoms with Gasteiger partial charge < -0.3 is 71.9 Å². The first-order valence-corrected chi connectivity index (χ1v) is 17.2. The summed E-state index contributed by atoms with van der Waals surface area (Å²) >= 11 is 7.33. The number of hydrogen-bond acceptors (Lipinski definition) is 14. The highest BCUT2D eigenvalue weighted by molar-refractivity contribution is 14.1. The molecule has 10 atom stereocenters. The highest BCUT2D eigenvalue weighted by Gasteiger charge is 2.34. The van der Waals surface area contributed by atoms with Gasteiger partial charge in [0.1, 0.15) is 24.4 Å². The van der Waals surface area contributed by atoms with E-state index < -0.39 is 112 Å². The van der Waals surface area contributed by atoms with Gasteiger partial charge in [0.15, 0.2) is 0 Å². The van der Waals surface area contributed by atoms with Crippen molar-refractivity contribution in [2.75, 3.05) is 26.3 Å². The molecule has 1 aromatic carbocycles. The molecule has 0 aliphatic carbocycles. The number of aliphatic hydroxyl groups is 12. The molecule has 20 heteroatoms. The number of aliphatic hydroxyl groups excluding tert-OH is 12. The van der Waals surface area contributed by atoms with Gasteiger partial charge in [-0.1, -0.05) is 0 Å². The lowest BCUT2D eigenvalue weighted by Crippen LogP contribution is -2.49. The van der Waals surface area contributed by atoms with Crippen LogP contribution < -0.4 is 10.6 Å². The smallest absolute Gasteiger partial charge is 0.253 e. The van der Waals surface area contributed by atoms with Crippen molar-refractivity contribution in [1.82, 2.24) is 10.6 Å². The topological polar surface area (TPSA) is 301 Å². The molecule has 0 aliphatic rings. The maximum Gasteiger partial charge on any atom is 0.253 e. The lowest BCUT2D eigenvalue weighted by molar-refractivity contribution is -0.113. The van der Waals surface area contributed by atoms with E-state index in [2.05, 4.69) is 10.6 Å². The summed E-state index contributed by atoms with van der Waals surface area (Å²) in [4.78, 5) is 26.1. The van der Waals surface area contributed by atoms with Gasteiger partial charge in [0.05, 0.1) is 61.0 Å². The molecule has 0 spiro atoms. The Morgan fingerprint density at radius 1 is 0.500 bits per heavy atom. The van der Waals surface area contributed by atoms with Crippen molar-refractivity contribution < 1.29 is 70.9 Å². The van der Waals surface area contributed by atoms with Crippen LogP contribution in [0.15, 0.2) is 0 Å². The number of halogens is 4. The Hall–Kier alpha value is 0.600. The molecule has 44 heavy (non-hydrogen) atoms. The molecule has 0 radical (unpaired) electrons. The van der Waals surface area contributed by atoms with Crippen LogP contribution >= 0.6 is 90.4 Å². The van der Waals surface area contributed by atoms with Crippen LogP contribution in [0.4, 0.5) is 0 Å². The minimum absolute atomic E-state index is 0.127. The second kappa shape index (κ2) is 20.2. The van der Waals surface area contributed by atoms with Gasteiger partial charge >= 0.3 is 0 Å². The molecular weight excluding hydrogens is 1050 g/mol. The lowest BCUT2D eigenvalue weighted by atomic mass is 9.98. The fourth-order valence-corrected chi connectivity index (χ4v) is 7.91. The summed E-state index contributed by atoms with van der Waals surface area (Å²) < 4.78 is 1.34. The van der Waals surface area contributed by atoms with Crippen molar-refractivity contribution in [2.45, 2.75) is 73.9 Å². The predicted molar refractivity (Wildman–Crippen MR) is 185 cm³/mol. The Balaban J connectivity index is 2.96. The van der Waals surface area contributed by atoms with Gasteiger partial charge in [-0.3, -0.25) is 9.59 Å². The summed E-state index contributed by atoms with van der Waals surface area (Å²) in [5.74, 6) is -1.40. The molecule has 1 aromatic rings. The Bertz CT molecular complexity index is 993. The zero-order valence-electron chi connectivity index (χ0n) is 22.7. The Labute approximate surface area is 306 Å². The zero-order chi connectivity index (χ0) is 34.0. The van der Waals surface area contributed by atoms with E-state index in [1.807, 2.05) is 90.4 Å². The molecule has 254 valence electrons. The summed E-state index contributed by atoms with van der Waals surface area (Å²) in [6.07, 6.45) is -18.1. The molecule has 2 amide bonds. The highest BCUT2D eigenvalue weighted by atomic mass is 127. The Morgan fingerprint density at radius 3 is 1.00 bits per heavy atom. The van der Waals surface area contributed by atoms with Crippen LogP contribution in [0.5, 0.6) is 0 Å². The van der Waals surface area contributed by atoms with Gasteiger partial charge in [0.2, 0.25) is 0 Å². The van der Waals surface area contributed by atoms with Crippen LogP contribution in [0.1, 0.15) is 33.6 Å². The fraction of sp³-hybridized carbons (Fsp3) is 0.667. The van der Waals surface area contributed by atoms with E-state index >= 15 is 0 Å². The van der Waals surface area contributed by atoms with Crippen LogP contribution in [0.3, 0.4) is 0 Å². The summed E-state index contributed by atoms with van der Waals surface area (Å²) in [7, 11) is 0. The molecule has 16 nitrogen and oxygen atoms in total. The van der Waals surface area contributed by atoms with E-state index in [1.165, 1.54) is 0 Å². The molecule has 0 fully saturated rings. The fourth-order valence-electron chi connectivity index (χ4n) is 3.74. The van der Waals surface area contributed by atoms with Crippen molar-refractivity contribution >= 4 is 102 Å². The summed E-state index contributed by atoms with van der Waals surface area (Å²) in [6.45, 7) is -2.47. The minimum atomic E-state index is -1.91. The Kier molecular flexibility index (Phi) is 19.6. The van der Waals surface area contributed by atoms with Crippen LogP contribution in [-0.4, -0.2) is 160 Å². The maximum atomic E-state index is 13.1. The molecule has 0 aromatic heterocycles. The molecule has 1 rings (SSSR count). The molecule has 0 aliphatic heterocycles. The summed E-state index contributed by atoms with van der Waals surface area (Å²) in [5, 5.41) is 122. The van der Waals surface area contributed by atoms with Crippen molar-refractivity contribution in [2.24, 2.45) is 0 Å². The number of nitrogens with one attached hydrogen (secondary N) is 2. The van der Waals surface area contributed by atoms with Crippen molar-refractivity contribution in [3.05, 3.63) is 25.4 Å². The van der Waals surface area contributed by atoms with E-state index in [4.69, 9.17) is 10.2 Å². The normalized spacial score (nSPS) is 18.7. The number of rotatable bonds is 18. The first-order chi connectivity index (χ1) is 20.4. The Morgan fingerprint density at radius 2 is 0.750 bits per heavy atom. The highest BCUT2D eigenvalue weighted by Crippen LogP contribution is 2.33. The third-order valence-corrected chi connectivity index (χ3v) is 12.8. The van der Waals surface area contributed by atoms with Crippen LogP contribution in [0, 0.1) is 14.3 Å².